The maximum atomic E-state index is 11.6. The number of esters is 1. The number of quaternary nitrogens is 1. The number of rotatable bonds is 4. The quantitative estimate of drug-likeness (QED) is 0.801. The molecule has 2 heterocycles. The molecule has 1 saturated heterocycles. The standard InChI is InChI=1S/C14H20N2O2/c1-2-18-14(17)11-16-9-4-3-7-13(16)12-6-5-8-15-10-12/h5-6,8,10,13H,2-4,7,9,11H2,1H3/p+1/t13-/m0/s1. The lowest BCUT2D eigenvalue weighted by atomic mass is 9.96. The summed E-state index contributed by atoms with van der Waals surface area (Å²) in [5.41, 5.74) is 1.23. The van der Waals surface area contributed by atoms with E-state index in [4.69, 9.17) is 4.74 Å². The van der Waals surface area contributed by atoms with Gasteiger partial charge >= 0.3 is 5.97 Å². The van der Waals surface area contributed by atoms with Gasteiger partial charge in [-0.15, -0.1) is 0 Å². The van der Waals surface area contributed by atoms with E-state index in [0.29, 0.717) is 19.2 Å². The molecule has 0 spiro atoms. The number of hydrogen-bond acceptors (Lipinski definition) is 3. The summed E-state index contributed by atoms with van der Waals surface area (Å²) in [7, 11) is 0. The lowest BCUT2D eigenvalue weighted by Gasteiger charge is -2.31. The minimum Gasteiger partial charge on any atom is -0.462 e. The zero-order chi connectivity index (χ0) is 12.8. The van der Waals surface area contributed by atoms with Crippen molar-refractivity contribution in [1.82, 2.24) is 4.98 Å². The second-order valence-electron chi connectivity index (χ2n) is 4.72. The van der Waals surface area contributed by atoms with Crippen molar-refractivity contribution in [2.24, 2.45) is 0 Å². The third-order valence-corrected chi connectivity index (χ3v) is 3.50. The second kappa shape index (κ2) is 6.50. The number of likely N-dealkylation sites (tertiary alicyclic amines) is 1. The molecule has 4 heteroatoms. The maximum Gasteiger partial charge on any atom is 0.361 e. The molecule has 0 radical (unpaired) electrons. The van der Waals surface area contributed by atoms with Gasteiger partial charge in [-0.3, -0.25) is 4.98 Å². The molecule has 1 unspecified atom stereocenters. The van der Waals surface area contributed by atoms with Crippen LogP contribution in [-0.4, -0.2) is 30.6 Å². The summed E-state index contributed by atoms with van der Waals surface area (Å²) in [4.78, 5) is 17.1. The van der Waals surface area contributed by atoms with Gasteiger partial charge < -0.3 is 9.64 Å². The summed E-state index contributed by atoms with van der Waals surface area (Å²) in [6.07, 6.45) is 7.25. The average Bonchev–Trinajstić information content (AvgIpc) is 2.40. The van der Waals surface area contributed by atoms with Crippen LogP contribution in [0.2, 0.25) is 0 Å². The number of carbonyl (C=O) groups is 1. The van der Waals surface area contributed by atoms with E-state index in [1.54, 1.807) is 6.20 Å². The second-order valence-corrected chi connectivity index (χ2v) is 4.72. The van der Waals surface area contributed by atoms with Crippen molar-refractivity contribution >= 4 is 5.97 Å². The Kier molecular flexibility index (Phi) is 4.70. The first-order chi connectivity index (χ1) is 8.81. The van der Waals surface area contributed by atoms with Crippen LogP contribution in [0.25, 0.3) is 0 Å². The SMILES string of the molecule is CCOC(=O)C[NH+]1CCCC[C@H]1c1cccnc1. The Bertz CT molecular complexity index is 381. The van der Waals surface area contributed by atoms with Crippen molar-refractivity contribution in [1.29, 1.82) is 0 Å². The molecule has 1 aliphatic rings. The number of piperidine rings is 1. The number of carbonyl (C=O) groups excluding carboxylic acids is 1. The number of hydrogen-bond donors (Lipinski definition) is 1. The summed E-state index contributed by atoms with van der Waals surface area (Å²) in [6.45, 7) is 3.82. The third-order valence-electron chi connectivity index (χ3n) is 3.50. The Morgan fingerprint density at radius 1 is 1.56 bits per heavy atom. The Morgan fingerprint density at radius 3 is 3.17 bits per heavy atom. The molecule has 4 nitrogen and oxygen atoms in total. The molecule has 0 saturated carbocycles. The van der Waals surface area contributed by atoms with Gasteiger partial charge in [-0.25, -0.2) is 4.79 Å². The van der Waals surface area contributed by atoms with Crippen molar-refractivity contribution in [2.45, 2.75) is 32.2 Å². The fourth-order valence-electron chi connectivity index (χ4n) is 2.67. The lowest BCUT2D eigenvalue weighted by molar-refractivity contribution is -0.930. The fourth-order valence-corrected chi connectivity index (χ4v) is 2.67. The Morgan fingerprint density at radius 2 is 2.44 bits per heavy atom. The van der Waals surface area contributed by atoms with Crippen LogP contribution in [-0.2, 0) is 9.53 Å². The van der Waals surface area contributed by atoms with E-state index in [0.717, 1.165) is 13.0 Å². The maximum absolute atomic E-state index is 11.6. The number of nitrogens with zero attached hydrogens (tertiary/aromatic N) is 1. The zero-order valence-corrected chi connectivity index (χ0v) is 10.9. The molecule has 18 heavy (non-hydrogen) atoms. The van der Waals surface area contributed by atoms with Crippen LogP contribution in [0.4, 0.5) is 0 Å². The molecule has 1 aromatic heterocycles. The van der Waals surface area contributed by atoms with Gasteiger partial charge in [0, 0.05) is 24.4 Å². The highest BCUT2D eigenvalue weighted by atomic mass is 16.5. The summed E-state index contributed by atoms with van der Waals surface area (Å²) >= 11 is 0. The zero-order valence-electron chi connectivity index (χ0n) is 10.9. The molecular weight excluding hydrogens is 228 g/mol. The summed E-state index contributed by atoms with van der Waals surface area (Å²) in [6, 6.07) is 4.46. The van der Waals surface area contributed by atoms with Crippen LogP contribution in [0.15, 0.2) is 24.5 Å². The number of ether oxygens (including phenoxy) is 1. The first-order valence-corrected chi connectivity index (χ1v) is 6.71. The topological polar surface area (TPSA) is 43.6 Å². The molecule has 2 atom stereocenters. The highest BCUT2D eigenvalue weighted by Gasteiger charge is 2.29. The van der Waals surface area contributed by atoms with E-state index >= 15 is 0 Å². The third kappa shape index (κ3) is 3.29. The molecule has 0 bridgehead atoms. The van der Waals surface area contributed by atoms with Gasteiger partial charge in [-0.2, -0.15) is 0 Å². The normalized spacial score (nSPS) is 23.6. The van der Waals surface area contributed by atoms with Gasteiger partial charge in [0.2, 0.25) is 0 Å². The molecule has 0 amide bonds. The number of pyridine rings is 1. The summed E-state index contributed by atoms with van der Waals surface area (Å²) < 4.78 is 5.05. The fraction of sp³-hybridized carbons (Fsp3) is 0.571. The minimum absolute atomic E-state index is 0.0942. The highest BCUT2D eigenvalue weighted by Crippen LogP contribution is 2.18. The Labute approximate surface area is 108 Å². The van der Waals surface area contributed by atoms with E-state index in [1.165, 1.54) is 23.3 Å². The Balaban J connectivity index is 2.04. The van der Waals surface area contributed by atoms with Crippen molar-refractivity contribution in [2.75, 3.05) is 19.7 Å². The average molecular weight is 249 g/mol. The van der Waals surface area contributed by atoms with Gasteiger partial charge in [0.05, 0.1) is 13.2 Å². The molecule has 0 aliphatic carbocycles. The molecule has 98 valence electrons. The van der Waals surface area contributed by atoms with Gasteiger partial charge in [-0.05, 0) is 25.8 Å². The molecule has 0 aromatic carbocycles. The van der Waals surface area contributed by atoms with Crippen LogP contribution in [0.3, 0.4) is 0 Å². The van der Waals surface area contributed by atoms with Crippen LogP contribution < -0.4 is 4.90 Å². The van der Waals surface area contributed by atoms with Crippen molar-refractivity contribution in [3.63, 3.8) is 0 Å². The predicted molar refractivity (Wildman–Crippen MR) is 68.2 cm³/mol. The van der Waals surface area contributed by atoms with Crippen molar-refractivity contribution in [3.05, 3.63) is 30.1 Å². The smallest absolute Gasteiger partial charge is 0.361 e. The molecule has 1 aliphatic heterocycles. The molecule has 1 fully saturated rings. The first-order valence-electron chi connectivity index (χ1n) is 6.71. The van der Waals surface area contributed by atoms with E-state index in [9.17, 15) is 4.79 Å². The number of aromatic nitrogens is 1. The van der Waals surface area contributed by atoms with E-state index < -0.39 is 0 Å². The highest BCUT2D eigenvalue weighted by molar-refractivity contribution is 5.70. The van der Waals surface area contributed by atoms with Crippen LogP contribution in [0.5, 0.6) is 0 Å². The molecule has 1 aromatic rings. The largest absolute Gasteiger partial charge is 0.462 e. The predicted octanol–water partition coefficient (Wildman–Crippen LogP) is 0.755. The van der Waals surface area contributed by atoms with Crippen molar-refractivity contribution in [3.8, 4) is 0 Å². The molecule has 1 N–H and O–H groups in total. The van der Waals surface area contributed by atoms with E-state index in [-0.39, 0.29) is 5.97 Å². The monoisotopic (exact) mass is 249 g/mol. The van der Waals surface area contributed by atoms with Crippen LogP contribution in [0.1, 0.15) is 37.8 Å². The van der Waals surface area contributed by atoms with E-state index in [2.05, 4.69) is 11.1 Å². The van der Waals surface area contributed by atoms with Gasteiger partial charge in [0.25, 0.3) is 0 Å². The van der Waals surface area contributed by atoms with Crippen LogP contribution in [0, 0.1) is 0 Å². The van der Waals surface area contributed by atoms with Gasteiger partial charge in [0.1, 0.15) is 6.04 Å². The van der Waals surface area contributed by atoms with Gasteiger partial charge in [-0.1, -0.05) is 6.07 Å². The number of nitrogens with one attached hydrogen (secondary N) is 1. The van der Waals surface area contributed by atoms with Crippen LogP contribution >= 0.6 is 0 Å². The molecule has 2 rings (SSSR count). The molecular formula is C14H21N2O2+. The summed E-state index contributed by atoms with van der Waals surface area (Å²) in [5.74, 6) is -0.0942. The summed E-state index contributed by atoms with van der Waals surface area (Å²) in [5, 5.41) is 0. The van der Waals surface area contributed by atoms with Gasteiger partial charge in [0.15, 0.2) is 6.54 Å². The van der Waals surface area contributed by atoms with Crippen molar-refractivity contribution < 1.29 is 14.4 Å². The lowest BCUT2D eigenvalue weighted by Crippen LogP contribution is -3.14. The first kappa shape index (κ1) is 13.0. The minimum atomic E-state index is -0.0942. The van der Waals surface area contributed by atoms with E-state index in [1.807, 2.05) is 19.2 Å². The Hall–Kier alpha value is -1.42.